The number of rotatable bonds is 3. The zero-order valence-electron chi connectivity index (χ0n) is 12.2. The molecule has 0 aromatic heterocycles. The first-order valence-electron chi connectivity index (χ1n) is 6.30. The van der Waals surface area contributed by atoms with Crippen LogP contribution in [0.25, 0.3) is 0 Å². The molecule has 8 heteroatoms. The molecule has 0 aliphatic carbocycles. The van der Waals surface area contributed by atoms with E-state index in [1.165, 1.54) is 6.07 Å². The van der Waals surface area contributed by atoms with Crippen LogP contribution in [0.2, 0.25) is 0 Å². The zero-order valence-corrected chi connectivity index (χ0v) is 12.2. The fourth-order valence-electron chi connectivity index (χ4n) is 1.49. The van der Waals surface area contributed by atoms with Gasteiger partial charge in [-0.2, -0.15) is 13.2 Å². The van der Waals surface area contributed by atoms with Crippen molar-refractivity contribution in [2.75, 3.05) is 5.32 Å². The van der Waals surface area contributed by atoms with Crippen molar-refractivity contribution in [2.45, 2.75) is 39.0 Å². The Kier molecular flexibility index (Phi) is 5.05. The Labute approximate surface area is 125 Å². The van der Waals surface area contributed by atoms with Gasteiger partial charge in [0.05, 0.1) is 5.69 Å². The fraction of sp³-hybridized carbons (Fsp3) is 0.429. The lowest BCUT2D eigenvalue weighted by Crippen LogP contribution is -2.27. The Hall–Kier alpha value is -2.25. The molecule has 0 aliphatic rings. The summed E-state index contributed by atoms with van der Waals surface area (Å²) in [5, 5.41) is 11.8. The lowest BCUT2D eigenvalue weighted by molar-refractivity contribution is -0.170. The number of amides is 1. The van der Waals surface area contributed by atoms with E-state index in [0.29, 0.717) is 0 Å². The van der Waals surface area contributed by atoms with Crippen molar-refractivity contribution >= 4 is 17.6 Å². The molecule has 0 radical (unpaired) electrons. The van der Waals surface area contributed by atoms with Crippen molar-refractivity contribution in [3.63, 3.8) is 0 Å². The number of ether oxygens (including phenoxy) is 1. The maximum absolute atomic E-state index is 12.2. The highest BCUT2D eigenvalue weighted by atomic mass is 19.4. The Balaban J connectivity index is 2.87. The molecule has 0 aliphatic heterocycles. The number of phenols is 1. The third-order valence-corrected chi connectivity index (χ3v) is 2.38. The van der Waals surface area contributed by atoms with E-state index in [1.54, 1.807) is 20.8 Å². The number of Topliss-reactive ketones (excluding diaryl/α,β-unsaturated/α-hetero) is 1. The van der Waals surface area contributed by atoms with Gasteiger partial charge in [-0.1, -0.05) is 6.07 Å². The largest absolute Gasteiger partial charge is 0.506 e. The van der Waals surface area contributed by atoms with Gasteiger partial charge in [0, 0.05) is 6.42 Å². The van der Waals surface area contributed by atoms with Crippen LogP contribution in [-0.4, -0.2) is 28.8 Å². The van der Waals surface area contributed by atoms with E-state index < -0.39 is 30.1 Å². The van der Waals surface area contributed by atoms with Gasteiger partial charge in [0.2, 0.25) is 5.78 Å². The predicted molar refractivity (Wildman–Crippen MR) is 72.7 cm³/mol. The molecule has 1 rings (SSSR count). The molecule has 0 atom stereocenters. The van der Waals surface area contributed by atoms with E-state index in [9.17, 15) is 27.9 Å². The normalized spacial score (nSPS) is 11.9. The molecule has 0 bridgehead atoms. The molecule has 1 amide bonds. The molecule has 0 heterocycles. The van der Waals surface area contributed by atoms with Crippen LogP contribution in [0.4, 0.5) is 23.7 Å². The average molecular weight is 319 g/mol. The summed E-state index contributed by atoms with van der Waals surface area (Å²) in [7, 11) is 0. The Morgan fingerprint density at radius 2 is 1.82 bits per heavy atom. The molecule has 0 saturated heterocycles. The van der Waals surface area contributed by atoms with Gasteiger partial charge in [0.15, 0.2) is 0 Å². The molecule has 0 fully saturated rings. The van der Waals surface area contributed by atoms with Crippen molar-refractivity contribution in [3.8, 4) is 5.75 Å². The number of alkyl halides is 3. The molecule has 122 valence electrons. The van der Waals surface area contributed by atoms with Crippen LogP contribution in [0.3, 0.4) is 0 Å². The van der Waals surface area contributed by atoms with E-state index in [4.69, 9.17) is 4.74 Å². The van der Waals surface area contributed by atoms with Crippen molar-refractivity contribution in [1.29, 1.82) is 0 Å². The standard InChI is InChI=1S/C14H16F3NO4/c1-13(2,3)22-12(21)18-9-6-8(4-5-10(9)19)7-11(20)14(15,16)17/h4-6,19H,7H2,1-3H3,(H,18,21). The first-order chi connectivity index (χ1) is 9.88. The van der Waals surface area contributed by atoms with Gasteiger partial charge in [0.1, 0.15) is 11.4 Å². The van der Waals surface area contributed by atoms with Gasteiger partial charge in [-0.25, -0.2) is 4.79 Å². The summed E-state index contributed by atoms with van der Waals surface area (Å²) >= 11 is 0. The van der Waals surface area contributed by atoms with Crippen molar-refractivity contribution in [1.82, 2.24) is 0 Å². The van der Waals surface area contributed by atoms with Crippen LogP contribution in [0.15, 0.2) is 18.2 Å². The first-order valence-corrected chi connectivity index (χ1v) is 6.30. The number of carbonyl (C=O) groups is 2. The summed E-state index contributed by atoms with van der Waals surface area (Å²) in [5.74, 6) is -2.27. The Morgan fingerprint density at radius 3 is 2.32 bits per heavy atom. The monoisotopic (exact) mass is 319 g/mol. The minimum Gasteiger partial charge on any atom is -0.506 e. The maximum atomic E-state index is 12.2. The van der Waals surface area contributed by atoms with Gasteiger partial charge in [-0.15, -0.1) is 0 Å². The molecule has 2 N–H and O–H groups in total. The maximum Gasteiger partial charge on any atom is 0.450 e. The van der Waals surface area contributed by atoms with Crippen molar-refractivity contribution < 1.29 is 32.6 Å². The molecule has 5 nitrogen and oxygen atoms in total. The van der Waals surface area contributed by atoms with Crippen molar-refractivity contribution in [3.05, 3.63) is 23.8 Å². The highest BCUT2D eigenvalue weighted by Crippen LogP contribution is 2.27. The summed E-state index contributed by atoms with van der Waals surface area (Å²) < 4.78 is 41.6. The summed E-state index contributed by atoms with van der Waals surface area (Å²) in [6.45, 7) is 4.89. The van der Waals surface area contributed by atoms with Crippen LogP contribution in [-0.2, 0) is 16.0 Å². The molecular formula is C14H16F3NO4. The van der Waals surface area contributed by atoms with Crippen molar-refractivity contribution in [2.24, 2.45) is 0 Å². The molecule has 1 aromatic rings. The number of aromatic hydroxyl groups is 1. The van der Waals surface area contributed by atoms with E-state index in [2.05, 4.69) is 5.32 Å². The zero-order chi connectivity index (χ0) is 17.1. The average Bonchev–Trinajstić information content (AvgIpc) is 2.29. The van der Waals surface area contributed by atoms with Gasteiger partial charge >= 0.3 is 12.3 Å². The van der Waals surface area contributed by atoms with Gasteiger partial charge in [-0.3, -0.25) is 10.1 Å². The van der Waals surface area contributed by atoms with Crippen LogP contribution in [0.5, 0.6) is 5.75 Å². The second-order valence-corrected chi connectivity index (χ2v) is 5.58. The predicted octanol–water partition coefficient (Wildman–Crippen LogP) is 3.41. The van der Waals surface area contributed by atoms with Gasteiger partial charge < -0.3 is 9.84 Å². The Bertz CT molecular complexity index is 576. The number of nitrogens with one attached hydrogen (secondary N) is 1. The third-order valence-electron chi connectivity index (χ3n) is 2.38. The van der Waals surface area contributed by atoms with Crippen LogP contribution < -0.4 is 5.32 Å². The third kappa shape index (κ3) is 5.63. The van der Waals surface area contributed by atoms with Crippen LogP contribution >= 0.6 is 0 Å². The number of benzene rings is 1. The van der Waals surface area contributed by atoms with E-state index in [0.717, 1.165) is 12.1 Å². The van der Waals surface area contributed by atoms with E-state index in [-0.39, 0.29) is 17.0 Å². The van der Waals surface area contributed by atoms with Gasteiger partial charge in [-0.05, 0) is 38.5 Å². The van der Waals surface area contributed by atoms with Crippen LogP contribution in [0.1, 0.15) is 26.3 Å². The number of ketones is 1. The number of anilines is 1. The van der Waals surface area contributed by atoms with E-state index in [1.807, 2.05) is 0 Å². The Morgan fingerprint density at radius 1 is 1.23 bits per heavy atom. The van der Waals surface area contributed by atoms with Crippen LogP contribution in [0, 0.1) is 0 Å². The second-order valence-electron chi connectivity index (χ2n) is 5.58. The summed E-state index contributed by atoms with van der Waals surface area (Å²) in [4.78, 5) is 22.5. The SMILES string of the molecule is CC(C)(C)OC(=O)Nc1cc(CC(=O)C(F)(F)F)ccc1O. The highest BCUT2D eigenvalue weighted by Gasteiger charge is 2.37. The highest BCUT2D eigenvalue weighted by molar-refractivity contribution is 5.89. The summed E-state index contributed by atoms with van der Waals surface area (Å²) in [5.41, 5.74) is -0.906. The lowest BCUT2D eigenvalue weighted by Gasteiger charge is -2.20. The summed E-state index contributed by atoms with van der Waals surface area (Å²) in [6.07, 6.45) is -6.69. The number of phenolic OH excluding ortho intramolecular Hbond substituents is 1. The molecular weight excluding hydrogens is 303 g/mol. The number of hydrogen-bond donors (Lipinski definition) is 2. The minimum absolute atomic E-state index is 0.00573. The molecule has 0 unspecified atom stereocenters. The fourth-order valence-corrected chi connectivity index (χ4v) is 1.49. The topological polar surface area (TPSA) is 75.6 Å². The van der Waals surface area contributed by atoms with Gasteiger partial charge in [0.25, 0.3) is 0 Å². The molecule has 0 saturated carbocycles. The number of hydrogen-bond acceptors (Lipinski definition) is 4. The molecule has 22 heavy (non-hydrogen) atoms. The smallest absolute Gasteiger partial charge is 0.450 e. The minimum atomic E-state index is -4.93. The summed E-state index contributed by atoms with van der Waals surface area (Å²) in [6, 6.07) is 3.34. The lowest BCUT2D eigenvalue weighted by atomic mass is 10.1. The number of carbonyl (C=O) groups excluding carboxylic acids is 2. The van der Waals surface area contributed by atoms with E-state index >= 15 is 0 Å². The number of halogens is 3. The molecule has 1 aromatic carbocycles. The quantitative estimate of drug-likeness (QED) is 0.837. The first kappa shape index (κ1) is 17.8. The molecule has 0 spiro atoms. The second kappa shape index (κ2) is 6.25.